The van der Waals surface area contributed by atoms with Crippen LogP contribution in [0.4, 0.5) is 11.4 Å². The first-order chi connectivity index (χ1) is 9.63. The van der Waals surface area contributed by atoms with E-state index in [4.69, 9.17) is 10.5 Å². The Morgan fingerprint density at radius 1 is 1.35 bits per heavy atom. The summed E-state index contributed by atoms with van der Waals surface area (Å²) in [5.74, 6) is 0. The normalized spacial score (nSPS) is 16.9. The molecule has 0 atom stereocenters. The summed E-state index contributed by atoms with van der Waals surface area (Å²) in [4.78, 5) is 4.33. The molecule has 4 heteroatoms. The van der Waals surface area contributed by atoms with Crippen LogP contribution >= 0.6 is 0 Å². The van der Waals surface area contributed by atoms with Gasteiger partial charge in [-0.25, -0.2) is 0 Å². The highest BCUT2D eigenvalue weighted by molar-refractivity contribution is 6.00. The van der Waals surface area contributed by atoms with Crippen LogP contribution in [0, 0.1) is 6.92 Å². The number of nitrogens with one attached hydrogen (secondary N) is 1. The molecule has 0 radical (unpaired) electrons. The Bertz CT molecular complexity index is 629. The first-order valence-corrected chi connectivity index (χ1v) is 7.07. The van der Waals surface area contributed by atoms with E-state index in [1.165, 1.54) is 6.42 Å². The number of fused-ring (bicyclic) bond motifs is 1. The Morgan fingerprint density at radius 3 is 2.80 bits per heavy atom. The Morgan fingerprint density at radius 2 is 2.15 bits per heavy atom. The second-order valence-corrected chi connectivity index (χ2v) is 5.67. The SMILES string of the molecule is COC1(CNc2ccc(N)c3cnc(C)cc23)CCC1. The molecule has 1 fully saturated rings. The number of pyridine rings is 1. The third-order valence-electron chi connectivity index (χ3n) is 4.37. The minimum absolute atomic E-state index is 0.00971. The quantitative estimate of drug-likeness (QED) is 0.839. The lowest BCUT2D eigenvalue weighted by Gasteiger charge is -2.40. The van der Waals surface area contributed by atoms with Gasteiger partial charge in [0.05, 0.1) is 5.60 Å². The van der Waals surface area contributed by atoms with Crippen LogP contribution < -0.4 is 11.1 Å². The molecule has 20 heavy (non-hydrogen) atoms. The summed E-state index contributed by atoms with van der Waals surface area (Å²) < 4.78 is 5.66. The second kappa shape index (κ2) is 4.94. The monoisotopic (exact) mass is 271 g/mol. The predicted molar refractivity (Wildman–Crippen MR) is 83.0 cm³/mol. The van der Waals surface area contributed by atoms with Crippen molar-refractivity contribution in [2.24, 2.45) is 0 Å². The molecule has 3 N–H and O–H groups in total. The summed E-state index contributed by atoms with van der Waals surface area (Å²) >= 11 is 0. The van der Waals surface area contributed by atoms with E-state index in [1.807, 2.05) is 25.3 Å². The van der Waals surface area contributed by atoms with E-state index in [0.717, 1.165) is 47.2 Å². The van der Waals surface area contributed by atoms with Crippen LogP contribution in [0.3, 0.4) is 0 Å². The van der Waals surface area contributed by atoms with Gasteiger partial charge in [-0.05, 0) is 44.4 Å². The number of aryl methyl sites for hydroxylation is 1. The first kappa shape index (κ1) is 13.2. The van der Waals surface area contributed by atoms with Crippen molar-refractivity contribution >= 4 is 22.1 Å². The minimum atomic E-state index is 0.00971. The summed E-state index contributed by atoms with van der Waals surface area (Å²) in [6.07, 6.45) is 5.36. The first-order valence-electron chi connectivity index (χ1n) is 7.07. The lowest BCUT2D eigenvalue weighted by molar-refractivity contribution is -0.0601. The zero-order valence-corrected chi connectivity index (χ0v) is 12.1. The molecule has 1 heterocycles. The second-order valence-electron chi connectivity index (χ2n) is 5.67. The molecule has 106 valence electrons. The molecule has 1 aliphatic rings. The van der Waals surface area contributed by atoms with Crippen LogP contribution in [0.25, 0.3) is 10.8 Å². The lowest BCUT2D eigenvalue weighted by Crippen LogP contribution is -2.45. The van der Waals surface area contributed by atoms with Crippen molar-refractivity contribution < 1.29 is 4.74 Å². The highest BCUT2D eigenvalue weighted by Gasteiger charge is 2.36. The molecule has 0 saturated heterocycles. The van der Waals surface area contributed by atoms with E-state index in [0.29, 0.717) is 0 Å². The lowest BCUT2D eigenvalue weighted by atomic mass is 9.80. The third-order valence-corrected chi connectivity index (χ3v) is 4.37. The zero-order chi connectivity index (χ0) is 14.2. The Kier molecular flexibility index (Phi) is 3.26. The van der Waals surface area contributed by atoms with Crippen molar-refractivity contribution in [3.05, 3.63) is 30.1 Å². The Labute approximate surface area is 119 Å². The molecule has 4 nitrogen and oxygen atoms in total. The fourth-order valence-electron chi connectivity index (χ4n) is 2.80. The van der Waals surface area contributed by atoms with Crippen LogP contribution in [0.15, 0.2) is 24.4 Å². The number of benzene rings is 1. The van der Waals surface area contributed by atoms with Gasteiger partial charge in [-0.1, -0.05) is 0 Å². The molecule has 1 aromatic carbocycles. The van der Waals surface area contributed by atoms with Crippen LogP contribution in [-0.4, -0.2) is 24.2 Å². The van der Waals surface area contributed by atoms with Gasteiger partial charge in [-0.3, -0.25) is 4.98 Å². The molecule has 0 amide bonds. The van der Waals surface area contributed by atoms with Gasteiger partial charge >= 0.3 is 0 Å². The highest BCUT2D eigenvalue weighted by Crippen LogP contribution is 2.36. The number of nitrogens with zero attached hydrogens (tertiary/aromatic N) is 1. The topological polar surface area (TPSA) is 60.2 Å². The van der Waals surface area contributed by atoms with Crippen LogP contribution in [0.1, 0.15) is 25.0 Å². The van der Waals surface area contributed by atoms with Crippen molar-refractivity contribution in [3.63, 3.8) is 0 Å². The molecular formula is C16H21N3O. The van der Waals surface area contributed by atoms with Crippen LogP contribution in [0.2, 0.25) is 0 Å². The van der Waals surface area contributed by atoms with E-state index in [-0.39, 0.29) is 5.60 Å². The van der Waals surface area contributed by atoms with Gasteiger partial charge in [-0.2, -0.15) is 0 Å². The number of methoxy groups -OCH3 is 1. The summed E-state index contributed by atoms with van der Waals surface area (Å²) in [7, 11) is 1.80. The summed E-state index contributed by atoms with van der Waals surface area (Å²) in [6.45, 7) is 2.83. The molecule has 0 unspecified atom stereocenters. The number of hydrogen-bond donors (Lipinski definition) is 2. The van der Waals surface area contributed by atoms with Gasteiger partial charge < -0.3 is 15.8 Å². The average Bonchev–Trinajstić information content (AvgIpc) is 2.40. The molecule has 3 rings (SSSR count). The molecule has 2 aromatic rings. The number of ether oxygens (including phenoxy) is 1. The largest absolute Gasteiger partial charge is 0.398 e. The molecule has 0 bridgehead atoms. The number of hydrogen-bond acceptors (Lipinski definition) is 4. The standard InChI is InChI=1S/C16H21N3O/c1-11-8-12-13(9-18-11)14(17)4-5-15(12)19-10-16(20-2)6-3-7-16/h4-5,8-9,19H,3,6-7,10,17H2,1-2H3. The Hall–Kier alpha value is -1.81. The number of aromatic nitrogens is 1. The number of nitrogens with two attached hydrogens (primary N) is 1. The van der Waals surface area contributed by atoms with Gasteiger partial charge in [-0.15, -0.1) is 0 Å². The van der Waals surface area contributed by atoms with E-state index in [2.05, 4.69) is 16.4 Å². The van der Waals surface area contributed by atoms with Crippen molar-refractivity contribution in [2.45, 2.75) is 31.8 Å². The predicted octanol–water partition coefficient (Wildman–Crippen LogP) is 3.11. The molecule has 0 spiro atoms. The van der Waals surface area contributed by atoms with Crippen molar-refractivity contribution in [2.75, 3.05) is 24.7 Å². The minimum Gasteiger partial charge on any atom is -0.398 e. The maximum atomic E-state index is 6.03. The number of anilines is 2. The summed E-state index contributed by atoms with van der Waals surface area (Å²) in [5.41, 5.74) is 8.90. The number of rotatable bonds is 4. The zero-order valence-electron chi connectivity index (χ0n) is 12.1. The summed E-state index contributed by atoms with van der Waals surface area (Å²) in [6, 6.07) is 6.05. The molecule has 1 aromatic heterocycles. The van der Waals surface area contributed by atoms with E-state index in [1.54, 1.807) is 7.11 Å². The van der Waals surface area contributed by atoms with Gasteiger partial charge in [0, 0.05) is 47.7 Å². The fourth-order valence-corrected chi connectivity index (χ4v) is 2.80. The van der Waals surface area contributed by atoms with Crippen molar-refractivity contribution in [3.8, 4) is 0 Å². The molecule has 0 aliphatic heterocycles. The van der Waals surface area contributed by atoms with Gasteiger partial charge in [0.15, 0.2) is 0 Å². The maximum Gasteiger partial charge on any atom is 0.0850 e. The van der Waals surface area contributed by atoms with Crippen molar-refractivity contribution in [1.29, 1.82) is 0 Å². The third kappa shape index (κ3) is 2.20. The Balaban J connectivity index is 1.91. The van der Waals surface area contributed by atoms with Crippen LogP contribution in [-0.2, 0) is 4.74 Å². The molecule has 1 aliphatic carbocycles. The molecular weight excluding hydrogens is 250 g/mol. The van der Waals surface area contributed by atoms with E-state index < -0.39 is 0 Å². The maximum absolute atomic E-state index is 6.03. The van der Waals surface area contributed by atoms with E-state index in [9.17, 15) is 0 Å². The summed E-state index contributed by atoms with van der Waals surface area (Å²) in [5, 5.41) is 5.66. The van der Waals surface area contributed by atoms with Gasteiger partial charge in [0.1, 0.15) is 0 Å². The highest BCUT2D eigenvalue weighted by atomic mass is 16.5. The number of nitrogen functional groups attached to an aromatic ring is 1. The average molecular weight is 271 g/mol. The van der Waals surface area contributed by atoms with Gasteiger partial charge in [0.2, 0.25) is 0 Å². The fraction of sp³-hybridized carbons (Fsp3) is 0.438. The smallest absolute Gasteiger partial charge is 0.0850 e. The molecule has 1 saturated carbocycles. The van der Waals surface area contributed by atoms with E-state index >= 15 is 0 Å². The van der Waals surface area contributed by atoms with Gasteiger partial charge in [0.25, 0.3) is 0 Å². The van der Waals surface area contributed by atoms with Crippen molar-refractivity contribution in [1.82, 2.24) is 4.98 Å². The van der Waals surface area contributed by atoms with Crippen LogP contribution in [0.5, 0.6) is 0 Å².